The summed E-state index contributed by atoms with van der Waals surface area (Å²) in [5, 5.41) is 3.08. The van der Waals surface area contributed by atoms with Crippen molar-refractivity contribution in [2.75, 3.05) is 18.5 Å². The molecule has 0 bridgehead atoms. The van der Waals surface area contributed by atoms with Crippen molar-refractivity contribution < 1.29 is 8.78 Å². The van der Waals surface area contributed by atoms with E-state index in [1.807, 2.05) is 6.92 Å². The van der Waals surface area contributed by atoms with E-state index in [1.165, 1.54) is 18.6 Å². The smallest absolute Gasteiger partial charge is 0.149 e. The van der Waals surface area contributed by atoms with Crippen molar-refractivity contribution in [1.82, 2.24) is 5.32 Å². The quantitative estimate of drug-likeness (QED) is 0.882. The predicted octanol–water partition coefficient (Wildman–Crippen LogP) is 3.84. The topological polar surface area (TPSA) is 15.3 Å². The van der Waals surface area contributed by atoms with Crippen LogP contribution in [0.3, 0.4) is 0 Å². The van der Waals surface area contributed by atoms with Gasteiger partial charge in [-0.05, 0) is 37.1 Å². The van der Waals surface area contributed by atoms with Crippen LogP contribution in [0.25, 0.3) is 0 Å². The van der Waals surface area contributed by atoms with Gasteiger partial charge < -0.3 is 10.2 Å². The Morgan fingerprint density at radius 3 is 2.30 bits per heavy atom. The first-order chi connectivity index (χ1) is 9.63. The lowest BCUT2D eigenvalue weighted by Crippen LogP contribution is -2.34. The van der Waals surface area contributed by atoms with Crippen LogP contribution in [0.15, 0.2) is 12.1 Å². The number of rotatable bonds is 5. The molecule has 1 N–H and O–H groups in total. The number of nitrogens with zero attached hydrogens (tertiary/aromatic N) is 1. The summed E-state index contributed by atoms with van der Waals surface area (Å²) in [6, 6.07) is 3.15. The average Bonchev–Trinajstić information content (AvgIpc) is 2.45. The summed E-state index contributed by atoms with van der Waals surface area (Å²) < 4.78 is 28.5. The SMILES string of the molecule is CCNCc1cc(F)c(N(C)C2CCCCC2)c(F)c1. The van der Waals surface area contributed by atoms with Crippen LogP contribution in [0, 0.1) is 11.6 Å². The van der Waals surface area contributed by atoms with Crippen molar-refractivity contribution in [2.24, 2.45) is 0 Å². The van der Waals surface area contributed by atoms with Gasteiger partial charge in [0, 0.05) is 19.6 Å². The van der Waals surface area contributed by atoms with Gasteiger partial charge in [0.05, 0.1) is 0 Å². The molecule has 112 valence electrons. The summed E-state index contributed by atoms with van der Waals surface area (Å²) in [5.41, 5.74) is 0.778. The second-order valence-electron chi connectivity index (χ2n) is 5.59. The summed E-state index contributed by atoms with van der Waals surface area (Å²) in [6.45, 7) is 3.25. The Morgan fingerprint density at radius 1 is 1.15 bits per heavy atom. The third-order valence-electron chi connectivity index (χ3n) is 4.13. The Hall–Kier alpha value is -1.16. The molecule has 0 atom stereocenters. The highest BCUT2D eigenvalue weighted by atomic mass is 19.1. The molecular weight excluding hydrogens is 258 g/mol. The van der Waals surface area contributed by atoms with E-state index in [4.69, 9.17) is 0 Å². The molecule has 0 radical (unpaired) electrons. The molecule has 2 nitrogen and oxygen atoms in total. The van der Waals surface area contributed by atoms with Crippen molar-refractivity contribution in [3.05, 3.63) is 29.3 Å². The van der Waals surface area contributed by atoms with E-state index >= 15 is 0 Å². The second-order valence-corrected chi connectivity index (χ2v) is 5.59. The molecule has 1 aromatic carbocycles. The molecule has 2 rings (SSSR count). The normalized spacial score (nSPS) is 16.4. The third kappa shape index (κ3) is 3.48. The molecule has 1 fully saturated rings. The molecular formula is C16H24F2N2. The Balaban J connectivity index is 2.18. The Labute approximate surface area is 120 Å². The molecule has 0 aliphatic heterocycles. The van der Waals surface area contributed by atoms with Gasteiger partial charge in [0.25, 0.3) is 0 Å². The molecule has 20 heavy (non-hydrogen) atoms. The van der Waals surface area contributed by atoms with E-state index in [9.17, 15) is 8.78 Å². The van der Waals surface area contributed by atoms with Crippen molar-refractivity contribution in [3.8, 4) is 0 Å². The fraction of sp³-hybridized carbons (Fsp3) is 0.625. The van der Waals surface area contributed by atoms with Crippen LogP contribution in [0.5, 0.6) is 0 Å². The number of hydrogen-bond acceptors (Lipinski definition) is 2. The minimum Gasteiger partial charge on any atom is -0.367 e. The van der Waals surface area contributed by atoms with Crippen molar-refractivity contribution in [2.45, 2.75) is 51.6 Å². The lowest BCUT2D eigenvalue weighted by atomic mass is 9.94. The van der Waals surface area contributed by atoms with Gasteiger partial charge in [-0.15, -0.1) is 0 Å². The highest BCUT2D eigenvalue weighted by molar-refractivity contribution is 5.51. The first-order valence-electron chi connectivity index (χ1n) is 7.55. The molecule has 0 saturated heterocycles. The molecule has 0 heterocycles. The first kappa shape index (κ1) is 15.2. The first-order valence-corrected chi connectivity index (χ1v) is 7.55. The summed E-state index contributed by atoms with van der Waals surface area (Å²) in [7, 11) is 1.81. The van der Waals surface area contributed by atoms with Gasteiger partial charge in [-0.3, -0.25) is 0 Å². The van der Waals surface area contributed by atoms with Crippen LogP contribution in [-0.4, -0.2) is 19.6 Å². The minimum atomic E-state index is -0.453. The van der Waals surface area contributed by atoms with Crippen molar-refractivity contribution >= 4 is 5.69 Å². The van der Waals surface area contributed by atoms with Gasteiger partial charge in [-0.25, -0.2) is 8.78 Å². The number of hydrogen-bond donors (Lipinski definition) is 1. The monoisotopic (exact) mass is 282 g/mol. The Morgan fingerprint density at radius 2 is 1.75 bits per heavy atom. The van der Waals surface area contributed by atoms with Crippen LogP contribution >= 0.6 is 0 Å². The van der Waals surface area contributed by atoms with Gasteiger partial charge in [-0.1, -0.05) is 26.2 Å². The fourth-order valence-electron chi connectivity index (χ4n) is 2.98. The Kier molecular flexibility index (Phi) is 5.35. The van der Waals surface area contributed by atoms with E-state index in [2.05, 4.69) is 5.32 Å². The van der Waals surface area contributed by atoms with Crippen LogP contribution in [-0.2, 0) is 6.54 Å². The van der Waals surface area contributed by atoms with E-state index < -0.39 is 11.6 Å². The molecule has 1 aliphatic rings. The van der Waals surface area contributed by atoms with Crippen LogP contribution < -0.4 is 10.2 Å². The fourth-order valence-corrected chi connectivity index (χ4v) is 2.98. The number of nitrogens with one attached hydrogen (secondary N) is 1. The zero-order valence-electron chi connectivity index (χ0n) is 12.4. The molecule has 4 heteroatoms. The molecule has 1 aliphatic carbocycles. The molecule has 0 aromatic heterocycles. The van der Waals surface area contributed by atoms with Gasteiger partial charge >= 0.3 is 0 Å². The van der Waals surface area contributed by atoms with Gasteiger partial charge in [-0.2, -0.15) is 0 Å². The number of anilines is 1. The highest BCUT2D eigenvalue weighted by Crippen LogP contribution is 2.30. The number of benzene rings is 1. The van der Waals surface area contributed by atoms with Gasteiger partial charge in [0.15, 0.2) is 0 Å². The number of halogens is 2. The van der Waals surface area contributed by atoms with Crippen molar-refractivity contribution in [1.29, 1.82) is 0 Å². The maximum atomic E-state index is 14.2. The molecule has 0 spiro atoms. The second kappa shape index (κ2) is 7.02. The Bertz CT molecular complexity index is 419. The summed E-state index contributed by atoms with van der Waals surface area (Å²) in [6.07, 6.45) is 5.58. The standard InChI is InChI=1S/C16H24F2N2/c1-3-19-11-12-9-14(17)16(15(18)10-12)20(2)13-7-5-4-6-8-13/h9-10,13,19H,3-8,11H2,1-2H3. The zero-order chi connectivity index (χ0) is 14.5. The maximum Gasteiger partial charge on any atom is 0.149 e. The largest absolute Gasteiger partial charge is 0.367 e. The lowest BCUT2D eigenvalue weighted by molar-refractivity contribution is 0.420. The third-order valence-corrected chi connectivity index (χ3v) is 4.13. The molecule has 1 saturated carbocycles. The van der Waals surface area contributed by atoms with Crippen molar-refractivity contribution in [3.63, 3.8) is 0 Å². The minimum absolute atomic E-state index is 0.122. The van der Waals surface area contributed by atoms with Gasteiger partial charge in [0.2, 0.25) is 0 Å². The lowest BCUT2D eigenvalue weighted by Gasteiger charge is -2.33. The van der Waals surface area contributed by atoms with Crippen LogP contribution in [0.4, 0.5) is 14.5 Å². The van der Waals surface area contributed by atoms with E-state index in [0.29, 0.717) is 12.1 Å². The predicted molar refractivity (Wildman–Crippen MR) is 79.0 cm³/mol. The van der Waals surface area contributed by atoms with E-state index in [1.54, 1.807) is 11.9 Å². The molecule has 0 amide bonds. The molecule has 0 unspecified atom stereocenters. The van der Waals surface area contributed by atoms with E-state index in [-0.39, 0.29) is 11.7 Å². The average molecular weight is 282 g/mol. The summed E-state index contributed by atoms with van der Waals surface area (Å²) in [4.78, 5) is 1.79. The summed E-state index contributed by atoms with van der Waals surface area (Å²) >= 11 is 0. The van der Waals surface area contributed by atoms with E-state index in [0.717, 1.165) is 32.2 Å². The highest BCUT2D eigenvalue weighted by Gasteiger charge is 2.23. The zero-order valence-corrected chi connectivity index (χ0v) is 12.4. The van der Waals surface area contributed by atoms with Crippen LogP contribution in [0.2, 0.25) is 0 Å². The summed E-state index contributed by atoms with van der Waals surface area (Å²) in [5.74, 6) is -0.906. The molecule has 1 aromatic rings. The van der Waals surface area contributed by atoms with Gasteiger partial charge in [0.1, 0.15) is 17.3 Å². The van der Waals surface area contributed by atoms with Crippen LogP contribution in [0.1, 0.15) is 44.6 Å². The maximum absolute atomic E-state index is 14.2.